The Morgan fingerprint density at radius 2 is 1.88 bits per heavy atom. The molecular weight excluding hydrogens is 426 g/mol. The number of carbonyl (C=O) groups is 2. The van der Waals surface area contributed by atoms with E-state index < -0.39 is 29.0 Å². The number of alkyl halides is 3. The topological polar surface area (TPSA) is 55.4 Å². The largest absolute Gasteiger partial charge is 0.493 e. The van der Waals surface area contributed by atoms with Crippen LogP contribution in [0.1, 0.15) is 37.4 Å². The van der Waals surface area contributed by atoms with Gasteiger partial charge in [-0.15, -0.1) is 0 Å². The van der Waals surface area contributed by atoms with Crippen LogP contribution in [0.15, 0.2) is 54.6 Å². The molecule has 0 saturated heterocycles. The molecule has 1 N–H and O–H groups in total. The lowest BCUT2D eigenvalue weighted by Crippen LogP contribution is -2.24. The van der Waals surface area contributed by atoms with Gasteiger partial charge in [0.05, 0.1) is 17.7 Å². The van der Waals surface area contributed by atoms with Gasteiger partial charge in [0.1, 0.15) is 17.9 Å². The number of rotatable bonds is 5. The van der Waals surface area contributed by atoms with Crippen LogP contribution in [0.25, 0.3) is 11.1 Å². The Kier molecular flexibility index (Phi) is 5.69. The lowest BCUT2D eigenvalue weighted by Gasteiger charge is -2.13. The molecule has 0 saturated carbocycles. The van der Waals surface area contributed by atoms with E-state index in [1.807, 2.05) is 12.1 Å². The number of carbonyl (C=O) groups excluding carboxylic acids is 2. The van der Waals surface area contributed by atoms with Crippen LogP contribution < -0.4 is 10.1 Å². The Labute approximate surface area is 180 Å². The molecule has 8 heteroatoms. The van der Waals surface area contributed by atoms with Crippen LogP contribution in [-0.2, 0) is 19.1 Å². The van der Waals surface area contributed by atoms with Crippen molar-refractivity contribution < 1.29 is 31.9 Å². The number of fused-ring (bicyclic) bond motifs is 1. The number of aldehydes is 1. The van der Waals surface area contributed by atoms with Gasteiger partial charge in [-0.3, -0.25) is 9.59 Å². The van der Waals surface area contributed by atoms with Crippen LogP contribution in [0.4, 0.5) is 17.6 Å². The first-order valence-electron chi connectivity index (χ1n) is 9.75. The molecule has 4 rings (SSSR count). The van der Waals surface area contributed by atoms with Crippen LogP contribution in [0.3, 0.4) is 0 Å². The van der Waals surface area contributed by atoms with E-state index in [0.29, 0.717) is 42.0 Å². The highest BCUT2D eigenvalue weighted by Crippen LogP contribution is 2.35. The molecule has 3 aromatic rings. The summed E-state index contributed by atoms with van der Waals surface area (Å²) in [6, 6.07) is 12.6. The highest BCUT2D eigenvalue weighted by atomic mass is 19.4. The van der Waals surface area contributed by atoms with E-state index in [2.05, 4.69) is 5.32 Å². The van der Waals surface area contributed by atoms with Gasteiger partial charge in [-0.2, -0.15) is 13.2 Å². The number of nitrogens with one attached hydrogen (secondary N) is 1. The van der Waals surface area contributed by atoms with Gasteiger partial charge in [0.2, 0.25) is 0 Å². The molecule has 1 aliphatic heterocycles. The van der Waals surface area contributed by atoms with Crippen molar-refractivity contribution in [2.75, 3.05) is 6.61 Å². The summed E-state index contributed by atoms with van der Waals surface area (Å²) in [6.45, 7) is 0.463. The molecule has 4 nitrogen and oxygen atoms in total. The van der Waals surface area contributed by atoms with Gasteiger partial charge >= 0.3 is 6.18 Å². The summed E-state index contributed by atoms with van der Waals surface area (Å²) in [7, 11) is 0. The second-order valence-electron chi connectivity index (χ2n) is 7.34. The average Bonchev–Trinajstić information content (AvgIpc) is 3.25. The second-order valence-corrected chi connectivity index (χ2v) is 7.34. The Bertz CT molecular complexity index is 1200. The predicted molar refractivity (Wildman–Crippen MR) is 109 cm³/mol. The van der Waals surface area contributed by atoms with Gasteiger partial charge in [-0.05, 0) is 53.1 Å². The molecule has 0 spiro atoms. The molecule has 0 aromatic heterocycles. The van der Waals surface area contributed by atoms with Crippen molar-refractivity contribution in [3.8, 4) is 16.9 Å². The molecular formula is C24H17F4NO3. The Balaban J connectivity index is 1.59. The van der Waals surface area contributed by atoms with Crippen LogP contribution >= 0.6 is 0 Å². The van der Waals surface area contributed by atoms with Gasteiger partial charge in [-0.1, -0.05) is 18.2 Å². The van der Waals surface area contributed by atoms with Gasteiger partial charge < -0.3 is 10.1 Å². The third-order valence-electron chi connectivity index (χ3n) is 5.20. The maximum Gasteiger partial charge on any atom is 0.416 e. The van der Waals surface area contributed by atoms with Gasteiger partial charge in [0.15, 0.2) is 0 Å². The van der Waals surface area contributed by atoms with Crippen LogP contribution in [0, 0.1) is 5.82 Å². The Morgan fingerprint density at radius 1 is 1.06 bits per heavy atom. The SMILES string of the molecule is O=Cc1cccc(-c2cc3c(c(CNC(=O)c4ccc(C(F)(F)F)cc4F)c2)OCC3)c1. The molecule has 1 aliphatic rings. The molecule has 3 aromatic carbocycles. The predicted octanol–water partition coefficient (Wildman–Crippen LogP) is 5.19. The maximum absolute atomic E-state index is 14.1. The minimum atomic E-state index is -4.70. The summed E-state index contributed by atoms with van der Waals surface area (Å²) in [5, 5.41) is 2.55. The number of hydrogen-bond acceptors (Lipinski definition) is 3. The van der Waals surface area contributed by atoms with E-state index in [0.717, 1.165) is 29.0 Å². The van der Waals surface area contributed by atoms with E-state index in [1.54, 1.807) is 24.3 Å². The average molecular weight is 443 g/mol. The number of benzene rings is 3. The van der Waals surface area contributed by atoms with E-state index in [4.69, 9.17) is 4.74 Å². The minimum Gasteiger partial charge on any atom is -0.493 e. The summed E-state index contributed by atoms with van der Waals surface area (Å²) in [4.78, 5) is 23.5. The molecule has 0 unspecified atom stereocenters. The number of hydrogen-bond donors (Lipinski definition) is 1. The molecule has 0 aliphatic carbocycles. The third kappa shape index (κ3) is 4.34. The fourth-order valence-corrected chi connectivity index (χ4v) is 3.62. The fourth-order valence-electron chi connectivity index (χ4n) is 3.62. The molecule has 1 heterocycles. The third-order valence-corrected chi connectivity index (χ3v) is 5.20. The number of halogens is 4. The summed E-state index contributed by atoms with van der Waals surface area (Å²) in [5.41, 5.74) is 2.09. The van der Waals surface area contributed by atoms with Gasteiger partial charge in [-0.25, -0.2) is 4.39 Å². The fraction of sp³-hybridized carbons (Fsp3) is 0.167. The highest BCUT2D eigenvalue weighted by Gasteiger charge is 2.31. The first-order chi connectivity index (χ1) is 15.3. The van der Waals surface area contributed by atoms with Crippen molar-refractivity contribution in [3.05, 3.63) is 88.2 Å². The second kappa shape index (κ2) is 8.45. The van der Waals surface area contributed by atoms with E-state index in [1.165, 1.54) is 0 Å². The zero-order valence-corrected chi connectivity index (χ0v) is 16.6. The quantitative estimate of drug-likeness (QED) is 0.436. The van der Waals surface area contributed by atoms with Gasteiger partial charge in [0, 0.05) is 24.1 Å². The number of ether oxygens (including phenoxy) is 1. The van der Waals surface area contributed by atoms with E-state index in [-0.39, 0.29) is 6.54 Å². The molecule has 0 bridgehead atoms. The van der Waals surface area contributed by atoms with Crippen molar-refractivity contribution >= 4 is 12.2 Å². The molecule has 164 valence electrons. The monoisotopic (exact) mass is 443 g/mol. The van der Waals surface area contributed by atoms with Crippen LogP contribution in [0.5, 0.6) is 5.75 Å². The summed E-state index contributed by atoms with van der Waals surface area (Å²) < 4.78 is 58.0. The normalized spacial score (nSPS) is 12.8. The van der Waals surface area contributed by atoms with E-state index in [9.17, 15) is 27.2 Å². The molecule has 0 fully saturated rings. The maximum atomic E-state index is 14.1. The lowest BCUT2D eigenvalue weighted by molar-refractivity contribution is -0.137. The smallest absolute Gasteiger partial charge is 0.416 e. The Hall–Kier alpha value is -3.68. The van der Waals surface area contributed by atoms with Gasteiger partial charge in [0.25, 0.3) is 5.91 Å². The molecule has 32 heavy (non-hydrogen) atoms. The minimum absolute atomic E-state index is 0.0111. The standard InChI is InChI=1S/C24H17F4NO3/c25-21-11-19(24(26,27)28)4-5-20(21)23(31)29-12-18-10-17(9-16-6-7-32-22(16)18)15-3-1-2-14(8-15)13-30/h1-5,8-11,13H,6-7,12H2,(H,29,31). The van der Waals surface area contributed by atoms with Crippen molar-refractivity contribution in [1.29, 1.82) is 0 Å². The van der Waals surface area contributed by atoms with Crippen LogP contribution in [-0.4, -0.2) is 18.8 Å². The van der Waals surface area contributed by atoms with Crippen molar-refractivity contribution in [1.82, 2.24) is 5.32 Å². The van der Waals surface area contributed by atoms with E-state index >= 15 is 0 Å². The summed E-state index contributed by atoms with van der Waals surface area (Å²) >= 11 is 0. The van der Waals surface area contributed by atoms with Crippen molar-refractivity contribution in [3.63, 3.8) is 0 Å². The highest BCUT2D eigenvalue weighted by molar-refractivity contribution is 5.94. The lowest BCUT2D eigenvalue weighted by atomic mass is 9.97. The zero-order chi connectivity index (χ0) is 22.9. The molecule has 0 atom stereocenters. The van der Waals surface area contributed by atoms with Crippen molar-refractivity contribution in [2.24, 2.45) is 0 Å². The Morgan fingerprint density at radius 3 is 2.59 bits per heavy atom. The summed E-state index contributed by atoms with van der Waals surface area (Å²) in [6.07, 6.45) is -3.28. The zero-order valence-electron chi connectivity index (χ0n) is 16.6. The summed E-state index contributed by atoms with van der Waals surface area (Å²) in [5.74, 6) is -1.47. The van der Waals surface area contributed by atoms with Crippen molar-refractivity contribution in [2.45, 2.75) is 19.1 Å². The number of amides is 1. The molecule has 0 radical (unpaired) electrons. The first-order valence-corrected chi connectivity index (χ1v) is 9.75. The van der Waals surface area contributed by atoms with Crippen LogP contribution in [0.2, 0.25) is 0 Å². The first kappa shape index (κ1) is 21.5. The molecule has 1 amide bonds.